The normalized spacial score (nSPS) is 14.3. The Balaban J connectivity index is 0.00000228. The van der Waals surface area contributed by atoms with Gasteiger partial charge in [0.1, 0.15) is 6.04 Å². The highest BCUT2D eigenvalue weighted by atomic mass is 16.5. The van der Waals surface area contributed by atoms with Gasteiger partial charge in [0.05, 0.1) is 24.6 Å². The van der Waals surface area contributed by atoms with Crippen LogP contribution in [-0.2, 0) is 16.0 Å². The molecule has 0 spiro atoms. The highest BCUT2D eigenvalue weighted by Crippen LogP contribution is 2.26. The standard InChI is InChI=1S/C28H31N3O3.2H2/c1-21-9-5-6-12-23(21)27(32)30-25(16-15-22-10-3-2-4-11-22)28(33)29-24-13-7-8-14-26(24)31-17-19-34-20-18-31;;/h2-14,25H,15-20H2,1H3,(H,29,33)(H,30,32);2*1H. The molecule has 1 fully saturated rings. The summed E-state index contributed by atoms with van der Waals surface area (Å²) in [5.41, 5.74) is 4.28. The average molecular weight is 462 g/mol. The molecular weight excluding hydrogens is 426 g/mol. The molecule has 1 atom stereocenters. The van der Waals surface area contributed by atoms with Crippen LogP contribution in [0, 0.1) is 6.92 Å². The molecule has 2 N–H and O–H groups in total. The van der Waals surface area contributed by atoms with Crippen molar-refractivity contribution >= 4 is 23.2 Å². The van der Waals surface area contributed by atoms with Gasteiger partial charge in [0, 0.05) is 21.5 Å². The third-order valence-corrected chi connectivity index (χ3v) is 6.09. The third kappa shape index (κ3) is 6.02. The van der Waals surface area contributed by atoms with E-state index in [0.717, 1.165) is 35.6 Å². The molecular formula is C28H35N3O3. The van der Waals surface area contributed by atoms with E-state index in [2.05, 4.69) is 15.5 Å². The smallest absolute Gasteiger partial charge is 0.252 e. The first kappa shape index (κ1) is 23.5. The summed E-state index contributed by atoms with van der Waals surface area (Å²) in [4.78, 5) is 28.7. The van der Waals surface area contributed by atoms with Crippen LogP contribution in [0.5, 0.6) is 0 Å². The summed E-state index contributed by atoms with van der Waals surface area (Å²) in [6.07, 6.45) is 1.17. The van der Waals surface area contributed by atoms with Crippen LogP contribution in [-0.4, -0.2) is 44.2 Å². The summed E-state index contributed by atoms with van der Waals surface area (Å²) in [6, 6.07) is 24.5. The molecule has 180 valence electrons. The molecule has 3 aromatic carbocycles. The summed E-state index contributed by atoms with van der Waals surface area (Å²) in [6.45, 7) is 4.76. The van der Waals surface area contributed by atoms with Crippen LogP contribution in [0.3, 0.4) is 0 Å². The molecule has 1 heterocycles. The van der Waals surface area contributed by atoms with E-state index in [-0.39, 0.29) is 14.7 Å². The first-order valence-corrected chi connectivity index (χ1v) is 11.7. The summed E-state index contributed by atoms with van der Waals surface area (Å²) in [5, 5.41) is 6.06. The number of hydrogen-bond acceptors (Lipinski definition) is 4. The van der Waals surface area contributed by atoms with Gasteiger partial charge in [-0.05, 0) is 49.1 Å². The number of morpholine rings is 1. The van der Waals surface area contributed by atoms with Gasteiger partial charge in [-0.3, -0.25) is 9.59 Å². The van der Waals surface area contributed by atoms with Crippen LogP contribution in [0.15, 0.2) is 78.9 Å². The lowest BCUT2D eigenvalue weighted by atomic mass is 10.0. The molecule has 1 saturated heterocycles. The summed E-state index contributed by atoms with van der Waals surface area (Å²) < 4.78 is 5.47. The predicted octanol–water partition coefficient (Wildman–Crippen LogP) is 4.69. The van der Waals surface area contributed by atoms with E-state index in [4.69, 9.17) is 4.74 Å². The molecule has 2 amide bonds. The molecule has 0 saturated carbocycles. The van der Waals surface area contributed by atoms with Crippen LogP contribution in [0.4, 0.5) is 11.4 Å². The second-order valence-corrected chi connectivity index (χ2v) is 8.47. The first-order chi connectivity index (χ1) is 16.6. The lowest BCUT2D eigenvalue weighted by molar-refractivity contribution is -0.118. The quantitative estimate of drug-likeness (QED) is 0.510. The van der Waals surface area contributed by atoms with Crippen LogP contribution in [0.2, 0.25) is 0 Å². The van der Waals surface area contributed by atoms with Gasteiger partial charge >= 0.3 is 0 Å². The number of aryl methyl sites for hydroxylation is 2. The minimum atomic E-state index is -0.676. The zero-order valence-electron chi connectivity index (χ0n) is 19.5. The molecule has 34 heavy (non-hydrogen) atoms. The number of carbonyl (C=O) groups is 2. The van der Waals surface area contributed by atoms with E-state index in [1.807, 2.05) is 79.7 Å². The van der Waals surface area contributed by atoms with Crippen molar-refractivity contribution in [2.45, 2.75) is 25.8 Å². The molecule has 0 aliphatic carbocycles. The number of nitrogens with zero attached hydrogens (tertiary/aromatic N) is 1. The molecule has 1 aliphatic rings. The lowest BCUT2D eigenvalue weighted by Gasteiger charge is -2.31. The van der Waals surface area contributed by atoms with E-state index in [1.54, 1.807) is 6.07 Å². The van der Waals surface area contributed by atoms with Crippen LogP contribution in [0.25, 0.3) is 0 Å². The first-order valence-electron chi connectivity index (χ1n) is 11.7. The number of hydrogen-bond donors (Lipinski definition) is 2. The van der Waals surface area contributed by atoms with Crippen LogP contribution >= 0.6 is 0 Å². The highest BCUT2D eigenvalue weighted by molar-refractivity contribution is 6.03. The average Bonchev–Trinajstić information content (AvgIpc) is 2.88. The van der Waals surface area contributed by atoms with Gasteiger partial charge in [0.25, 0.3) is 5.91 Å². The molecule has 0 aromatic heterocycles. The molecule has 4 rings (SSSR count). The number of ether oxygens (including phenoxy) is 1. The maximum Gasteiger partial charge on any atom is 0.252 e. The van der Waals surface area contributed by atoms with Crippen molar-refractivity contribution in [1.82, 2.24) is 5.32 Å². The summed E-state index contributed by atoms with van der Waals surface area (Å²) in [5.74, 6) is -0.466. The highest BCUT2D eigenvalue weighted by Gasteiger charge is 2.24. The SMILES string of the molecule is Cc1ccccc1C(=O)NC(CCc1ccccc1)C(=O)Nc1ccccc1N1CCOCC1.[HH].[HH]. The molecule has 1 unspecified atom stereocenters. The molecule has 0 bridgehead atoms. The second kappa shape index (κ2) is 11.5. The van der Waals surface area contributed by atoms with Crippen molar-refractivity contribution in [3.63, 3.8) is 0 Å². The van der Waals surface area contributed by atoms with E-state index >= 15 is 0 Å². The zero-order chi connectivity index (χ0) is 23.8. The third-order valence-electron chi connectivity index (χ3n) is 6.09. The monoisotopic (exact) mass is 461 g/mol. The van der Waals surface area contributed by atoms with Gasteiger partial charge in [-0.1, -0.05) is 60.7 Å². The van der Waals surface area contributed by atoms with Crippen molar-refractivity contribution in [1.29, 1.82) is 0 Å². The maximum atomic E-state index is 13.5. The Morgan fingerprint density at radius 3 is 2.38 bits per heavy atom. The van der Waals surface area contributed by atoms with Gasteiger partial charge in [-0.15, -0.1) is 0 Å². The van der Waals surface area contributed by atoms with Gasteiger partial charge in [0.2, 0.25) is 5.91 Å². The molecule has 1 aliphatic heterocycles. The Hall–Kier alpha value is -3.64. The minimum Gasteiger partial charge on any atom is -0.378 e. The summed E-state index contributed by atoms with van der Waals surface area (Å²) >= 11 is 0. The second-order valence-electron chi connectivity index (χ2n) is 8.47. The fourth-order valence-electron chi connectivity index (χ4n) is 4.17. The Morgan fingerprint density at radius 2 is 1.62 bits per heavy atom. The Bertz CT molecular complexity index is 1120. The van der Waals surface area contributed by atoms with E-state index in [0.29, 0.717) is 31.6 Å². The van der Waals surface area contributed by atoms with Crippen molar-refractivity contribution in [3.05, 3.63) is 95.6 Å². The zero-order valence-corrected chi connectivity index (χ0v) is 19.5. The largest absolute Gasteiger partial charge is 0.378 e. The Kier molecular flexibility index (Phi) is 7.94. The van der Waals surface area contributed by atoms with Crippen LogP contribution in [0.1, 0.15) is 30.8 Å². The predicted molar refractivity (Wildman–Crippen MR) is 140 cm³/mol. The van der Waals surface area contributed by atoms with Crippen LogP contribution < -0.4 is 15.5 Å². The molecule has 0 radical (unpaired) electrons. The van der Waals surface area contributed by atoms with Gasteiger partial charge in [-0.2, -0.15) is 0 Å². The van der Waals surface area contributed by atoms with Crippen molar-refractivity contribution in [2.75, 3.05) is 36.5 Å². The number of para-hydroxylation sites is 2. The topological polar surface area (TPSA) is 70.7 Å². The van der Waals surface area contributed by atoms with Crippen molar-refractivity contribution < 1.29 is 17.2 Å². The number of benzene rings is 3. The maximum absolute atomic E-state index is 13.5. The van der Waals surface area contributed by atoms with Crippen molar-refractivity contribution in [2.24, 2.45) is 0 Å². The Morgan fingerprint density at radius 1 is 0.941 bits per heavy atom. The van der Waals surface area contributed by atoms with E-state index in [1.165, 1.54) is 0 Å². The number of amides is 2. The van der Waals surface area contributed by atoms with E-state index in [9.17, 15) is 9.59 Å². The summed E-state index contributed by atoms with van der Waals surface area (Å²) in [7, 11) is 0. The fourth-order valence-corrected chi connectivity index (χ4v) is 4.17. The number of anilines is 2. The van der Waals surface area contributed by atoms with Gasteiger partial charge in [0.15, 0.2) is 0 Å². The Labute approximate surface area is 203 Å². The molecule has 3 aromatic rings. The molecule has 6 heteroatoms. The van der Waals surface area contributed by atoms with Crippen molar-refractivity contribution in [3.8, 4) is 0 Å². The number of carbonyl (C=O) groups excluding carboxylic acids is 2. The lowest BCUT2D eigenvalue weighted by Crippen LogP contribution is -2.44. The minimum absolute atomic E-state index is 0. The fraction of sp³-hybridized carbons (Fsp3) is 0.286. The van der Waals surface area contributed by atoms with Gasteiger partial charge < -0.3 is 20.3 Å². The van der Waals surface area contributed by atoms with E-state index < -0.39 is 6.04 Å². The number of rotatable bonds is 8. The van der Waals surface area contributed by atoms with Gasteiger partial charge in [-0.25, -0.2) is 0 Å². The molecule has 6 nitrogen and oxygen atoms in total. The number of nitrogens with one attached hydrogen (secondary N) is 2.